The van der Waals surface area contributed by atoms with Crippen molar-refractivity contribution >= 4 is 5.69 Å². The molecule has 2 aromatic rings. The first kappa shape index (κ1) is 12.7. The summed E-state index contributed by atoms with van der Waals surface area (Å²) in [5.74, 6) is 0. The van der Waals surface area contributed by atoms with Crippen molar-refractivity contribution in [3.8, 4) is 12.1 Å². The summed E-state index contributed by atoms with van der Waals surface area (Å²) in [5, 5.41) is 25.1. The lowest BCUT2D eigenvalue weighted by atomic mass is 10.1. The molecule has 0 aliphatic carbocycles. The van der Waals surface area contributed by atoms with E-state index in [-0.39, 0.29) is 0 Å². The summed E-state index contributed by atoms with van der Waals surface area (Å²) in [7, 11) is 1.91. The van der Waals surface area contributed by atoms with Crippen LogP contribution in [-0.4, -0.2) is 16.3 Å². The molecular formula is C14H13N5. The van der Waals surface area contributed by atoms with Crippen molar-refractivity contribution in [1.82, 2.24) is 9.78 Å². The zero-order chi connectivity index (χ0) is 13.7. The fourth-order valence-electron chi connectivity index (χ4n) is 1.83. The van der Waals surface area contributed by atoms with E-state index >= 15 is 0 Å². The number of nitrogens with zero attached hydrogens (tertiary/aromatic N) is 4. The van der Waals surface area contributed by atoms with Gasteiger partial charge in [-0.1, -0.05) is 0 Å². The van der Waals surface area contributed by atoms with Crippen molar-refractivity contribution in [2.75, 3.05) is 11.9 Å². The van der Waals surface area contributed by atoms with Gasteiger partial charge in [0, 0.05) is 37.6 Å². The van der Waals surface area contributed by atoms with Crippen LogP contribution in [-0.2, 0) is 13.5 Å². The first-order chi connectivity index (χ1) is 9.24. The molecular weight excluding hydrogens is 238 g/mol. The maximum absolute atomic E-state index is 8.95. The highest BCUT2D eigenvalue weighted by Crippen LogP contribution is 2.14. The fourth-order valence-corrected chi connectivity index (χ4v) is 1.83. The van der Waals surface area contributed by atoms with E-state index in [1.807, 2.05) is 36.0 Å². The van der Waals surface area contributed by atoms with E-state index in [1.165, 1.54) is 0 Å². The topological polar surface area (TPSA) is 77.4 Å². The van der Waals surface area contributed by atoms with Crippen molar-refractivity contribution in [3.63, 3.8) is 0 Å². The number of benzene rings is 1. The monoisotopic (exact) mass is 251 g/mol. The van der Waals surface area contributed by atoms with Crippen LogP contribution >= 0.6 is 0 Å². The molecule has 1 heterocycles. The van der Waals surface area contributed by atoms with Gasteiger partial charge < -0.3 is 5.32 Å². The standard InChI is InChI=1S/C14H13N5/c1-19-14(5-7-18-19)4-6-17-13-3-2-11(9-15)12(8-13)10-16/h2-3,5,7-8,17H,4,6H2,1H3. The van der Waals surface area contributed by atoms with E-state index in [1.54, 1.807) is 18.3 Å². The predicted molar refractivity (Wildman–Crippen MR) is 71.3 cm³/mol. The van der Waals surface area contributed by atoms with Crippen LogP contribution in [0.15, 0.2) is 30.5 Å². The summed E-state index contributed by atoms with van der Waals surface area (Å²) in [5.41, 5.74) is 2.78. The number of anilines is 1. The zero-order valence-electron chi connectivity index (χ0n) is 10.6. The molecule has 5 nitrogen and oxygen atoms in total. The summed E-state index contributed by atoms with van der Waals surface area (Å²) in [4.78, 5) is 0. The molecule has 1 N–H and O–H groups in total. The second-order valence-electron chi connectivity index (χ2n) is 4.11. The van der Waals surface area contributed by atoms with Gasteiger partial charge in [0.25, 0.3) is 0 Å². The van der Waals surface area contributed by atoms with Crippen molar-refractivity contribution in [2.45, 2.75) is 6.42 Å². The maximum Gasteiger partial charge on any atom is 0.101 e. The largest absolute Gasteiger partial charge is 0.385 e. The van der Waals surface area contributed by atoms with Crippen LogP contribution in [0.3, 0.4) is 0 Å². The molecule has 0 radical (unpaired) electrons. The first-order valence-corrected chi connectivity index (χ1v) is 5.89. The molecule has 19 heavy (non-hydrogen) atoms. The van der Waals surface area contributed by atoms with Gasteiger partial charge in [-0.15, -0.1) is 0 Å². The van der Waals surface area contributed by atoms with Gasteiger partial charge in [0.2, 0.25) is 0 Å². The van der Waals surface area contributed by atoms with Crippen LogP contribution in [0.4, 0.5) is 5.69 Å². The summed E-state index contributed by atoms with van der Waals surface area (Å²) in [6.45, 7) is 0.746. The third-order valence-corrected chi connectivity index (χ3v) is 2.89. The molecule has 1 aromatic heterocycles. The Morgan fingerprint density at radius 1 is 1.21 bits per heavy atom. The molecule has 0 unspecified atom stereocenters. The van der Waals surface area contributed by atoms with Gasteiger partial charge in [-0.25, -0.2) is 0 Å². The van der Waals surface area contributed by atoms with E-state index in [0.29, 0.717) is 11.1 Å². The van der Waals surface area contributed by atoms with Gasteiger partial charge in [0.15, 0.2) is 0 Å². The number of rotatable bonds is 4. The Hall–Kier alpha value is -2.79. The minimum absolute atomic E-state index is 0.396. The van der Waals surface area contributed by atoms with E-state index in [0.717, 1.165) is 24.3 Å². The molecule has 0 spiro atoms. The number of nitrogens with one attached hydrogen (secondary N) is 1. The second-order valence-corrected chi connectivity index (χ2v) is 4.11. The number of nitriles is 2. The van der Waals surface area contributed by atoms with E-state index < -0.39 is 0 Å². The van der Waals surface area contributed by atoms with Crippen LogP contribution in [0.25, 0.3) is 0 Å². The highest BCUT2D eigenvalue weighted by atomic mass is 15.3. The van der Waals surface area contributed by atoms with Crippen molar-refractivity contribution in [3.05, 3.63) is 47.3 Å². The number of hydrogen-bond donors (Lipinski definition) is 1. The van der Waals surface area contributed by atoms with Crippen LogP contribution in [0, 0.1) is 22.7 Å². The average Bonchev–Trinajstić information content (AvgIpc) is 2.84. The lowest BCUT2D eigenvalue weighted by Crippen LogP contribution is -2.08. The van der Waals surface area contributed by atoms with Gasteiger partial charge in [-0.2, -0.15) is 15.6 Å². The summed E-state index contributed by atoms with van der Waals surface area (Å²) >= 11 is 0. The van der Waals surface area contributed by atoms with Crippen LogP contribution in [0.5, 0.6) is 0 Å². The molecule has 0 bridgehead atoms. The van der Waals surface area contributed by atoms with Crippen LogP contribution < -0.4 is 5.32 Å². The lowest BCUT2D eigenvalue weighted by molar-refractivity contribution is 0.711. The Morgan fingerprint density at radius 3 is 2.63 bits per heavy atom. The Balaban J connectivity index is 1.99. The van der Waals surface area contributed by atoms with E-state index in [2.05, 4.69) is 10.4 Å². The second kappa shape index (κ2) is 5.70. The predicted octanol–water partition coefficient (Wildman–Crippen LogP) is 1.82. The maximum atomic E-state index is 8.95. The fraction of sp³-hybridized carbons (Fsp3) is 0.214. The Morgan fingerprint density at radius 2 is 2.00 bits per heavy atom. The van der Waals surface area contributed by atoms with Gasteiger partial charge in [-0.3, -0.25) is 4.68 Å². The minimum Gasteiger partial charge on any atom is -0.385 e. The molecule has 94 valence electrons. The molecule has 0 amide bonds. The van der Waals surface area contributed by atoms with E-state index in [9.17, 15) is 0 Å². The Bertz CT molecular complexity index is 657. The van der Waals surface area contributed by atoms with Crippen LogP contribution in [0.1, 0.15) is 16.8 Å². The minimum atomic E-state index is 0.396. The molecule has 0 aliphatic rings. The summed E-state index contributed by atoms with van der Waals surface area (Å²) < 4.78 is 1.83. The number of aryl methyl sites for hydroxylation is 1. The smallest absolute Gasteiger partial charge is 0.101 e. The lowest BCUT2D eigenvalue weighted by Gasteiger charge is -2.07. The molecule has 0 aliphatic heterocycles. The number of aromatic nitrogens is 2. The SMILES string of the molecule is Cn1nccc1CCNc1ccc(C#N)c(C#N)c1. The zero-order valence-corrected chi connectivity index (χ0v) is 10.6. The Kier molecular flexibility index (Phi) is 3.80. The molecule has 2 rings (SSSR count). The summed E-state index contributed by atoms with van der Waals surface area (Å²) in [6.07, 6.45) is 2.61. The molecule has 0 atom stereocenters. The first-order valence-electron chi connectivity index (χ1n) is 5.89. The van der Waals surface area contributed by atoms with Gasteiger partial charge >= 0.3 is 0 Å². The molecule has 0 fully saturated rings. The van der Waals surface area contributed by atoms with Crippen molar-refractivity contribution in [2.24, 2.45) is 7.05 Å². The molecule has 0 saturated carbocycles. The van der Waals surface area contributed by atoms with Crippen LogP contribution in [0.2, 0.25) is 0 Å². The molecule has 1 aromatic carbocycles. The van der Waals surface area contributed by atoms with Gasteiger partial charge in [0.1, 0.15) is 12.1 Å². The number of hydrogen-bond acceptors (Lipinski definition) is 4. The highest BCUT2D eigenvalue weighted by Gasteiger charge is 2.03. The molecule has 0 saturated heterocycles. The summed E-state index contributed by atoms with van der Waals surface area (Å²) in [6, 6.07) is 11.2. The average molecular weight is 251 g/mol. The van der Waals surface area contributed by atoms with Gasteiger partial charge in [-0.05, 0) is 24.3 Å². The van der Waals surface area contributed by atoms with Crippen molar-refractivity contribution < 1.29 is 0 Å². The highest BCUT2D eigenvalue weighted by molar-refractivity contribution is 5.56. The Labute approximate surface area is 111 Å². The molecule has 5 heteroatoms. The van der Waals surface area contributed by atoms with Crippen molar-refractivity contribution in [1.29, 1.82) is 10.5 Å². The third-order valence-electron chi connectivity index (χ3n) is 2.89. The third kappa shape index (κ3) is 2.91. The normalized spacial score (nSPS) is 9.63. The quantitative estimate of drug-likeness (QED) is 0.899. The van der Waals surface area contributed by atoms with Gasteiger partial charge in [0.05, 0.1) is 11.1 Å². The van der Waals surface area contributed by atoms with E-state index in [4.69, 9.17) is 10.5 Å².